The van der Waals surface area contributed by atoms with Crippen molar-refractivity contribution in [3.05, 3.63) is 41.5 Å². The standard InChI is InChI=1S/C14H19NO/c1-10(2)7-8-16-12-4-5-13-11(9-12)3-6-14(13)15/h4-5,9,14H,1,3,6-8,15H2,2H3/t14-/m0/s1. The minimum absolute atomic E-state index is 0.222. The molecule has 2 heteroatoms. The van der Waals surface area contributed by atoms with E-state index in [0.717, 1.165) is 30.6 Å². The Balaban J connectivity index is 1.99. The van der Waals surface area contributed by atoms with E-state index in [1.54, 1.807) is 0 Å². The molecule has 0 heterocycles. The van der Waals surface area contributed by atoms with Gasteiger partial charge in [0.15, 0.2) is 0 Å². The van der Waals surface area contributed by atoms with E-state index in [1.165, 1.54) is 11.1 Å². The molecule has 0 bridgehead atoms. The van der Waals surface area contributed by atoms with Crippen molar-refractivity contribution >= 4 is 0 Å². The summed E-state index contributed by atoms with van der Waals surface area (Å²) in [5, 5.41) is 0. The van der Waals surface area contributed by atoms with Crippen molar-refractivity contribution < 1.29 is 4.74 Å². The van der Waals surface area contributed by atoms with Crippen LogP contribution in [0.4, 0.5) is 0 Å². The minimum atomic E-state index is 0.222. The van der Waals surface area contributed by atoms with Gasteiger partial charge >= 0.3 is 0 Å². The van der Waals surface area contributed by atoms with E-state index in [-0.39, 0.29) is 6.04 Å². The summed E-state index contributed by atoms with van der Waals surface area (Å²) in [5.74, 6) is 0.953. The number of rotatable bonds is 4. The fraction of sp³-hybridized carbons (Fsp3) is 0.429. The highest BCUT2D eigenvalue weighted by Crippen LogP contribution is 2.31. The second kappa shape index (κ2) is 4.71. The molecule has 0 saturated heterocycles. The van der Waals surface area contributed by atoms with Crippen molar-refractivity contribution in [2.45, 2.75) is 32.2 Å². The van der Waals surface area contributed by atoms with Gasteiger partial charge in [0.2, 0.25) is 0 Å². The predicted octanol–water partition coefficient (Wildman–Crippen LogP) is 2.98. The Labute approximate surface area is 97.1 Å². The highest BCUT2D eigenvalue weighted by atomic mass is 16.5. The van der Waals surface area contributed by atoms with Crippen molar-refractivity contribution in [1.82, 2.24) is 0 Å². The third-order valence-electron chi connectivity index (χ3n) is 3.04. The number of hydrogen-bond donors (Lipinski definition) is 1. The third-order valence-corrected chi connectivity index (χ3v) is 3.04. The van der Waals surface area contributed by atoms with Gasteiger partial charge in [-0.2, -0.15) is 0 Å². The van der Waals surface area contributed by atoms with Crippen LogP contribution in [0.3, 0.4) is 0 Å². The number of nitrogens with two attached hydrogens (primary N) is 1. The van der Waals surface area contributed by atoms with Gasteiger partial charge in [-0.25, -0.2) is 0 Å². The van der Waals surface area contributed by atoms with Crippen LogP contribution in [0.2, 0.25) is 0 Å². The summed E-state index contributed by atoms with van der Waals surface area (Å²) in [6.45, 7) is 6.58. The van der Waals surface area contributed by atoms with Crippen LogP contribution in [0.5, 0.6) is 5.75 Å². The first-order valence-electron chi connectivity index (χ1n) is 5.82. The van der Waals surface area contributed by atoms with E-state index in [1.807, 2.05) is 13.0 Å². The normalized spacial score (nSPS) is 18.2. The molecule has 2 nitrogen and oxygen atoms in total. The average molecular weight is 217 g/mol. The summed E-state index contributed by atoms with van der Waals surface area (Å²) in [6, 6.07) is 6.46. The predicted molar refractivity (Wildman–Crippen MR) is 66.6 cm³/mol. The van der Waals surface area contributed by atoms with Gasteiger partial charge in [0.05, 0.1) is 6.61 Å². The lowest BCUT2D eigenvalue weighted by molar-refractivity contribution is 0.321. The fourth-order valence-electron chi connectivity index (χ4n) is 2.06. The lowest BCUT2D eigenvalue weighted by Gasteiger charge is -2.09. The van der Waals surface area contributed by atoms with Gasteiger partial charge in [-0.1, -0.05) is 11.6 Å². The Hall–Kier alpha value is -1.28. The van der Waals surface area contributed by atoms with Crippen LogP contribution in [0.15, 0.2) is 30.4 Å². The number of benzene rings is 1. The van der Waals surface area contributed by atoms with Gasteiger partial charge in [0, 0.05) is 12.5 Å². The maximum atomic E-state index is 5.98. The van der Waals surface area contributed by atoms with Gasteiger partial charge < -0.3 is 10.5 Å². The zero-order valence-corrected chi connectivity index (χ0v) is 9.83. The number of aryl methyl sites for hydroxylation is 1. The summed E-state index contributed by atoms with van der Waals surface area (Å²) in [6.07, 6.45) is 3.05. The molecule has 0 aliphatic heterocycles. The van der Waals surface area contributed by atoms with Crippen LogP contribution in [-0.4, -0.2) is 6.61 Å². The van der Waals surface area contributed by atoms with Crippen molar-refractivity contribution in [2.24, 2.45) is 5.73 Å². The Morgan fingerprint density at radius 3 is 3.12 bits per heavy atom. The van der Waals surface area contributed by atoms with Crippen molar-refractivity contribution in [3.8, 4) is 5.75 Å². The summed E-state index contributed by atoms with van der Waals surface area (Å²) in [4.78, 5) is 0. The molecule has 0 fully saturated rings. The highest BCUT2D eigenvalue weighted by Gasteiger charge is 2.18. The molecule has 0 unspecified atom stereocenters. The summed E-state index contributed by atoms with van der Waals surface area (Å²) in [5.41, 5.74) is 9.77. The van der Waals surface area contributed by atoms with Crippen LogP contribution in [0, 0.1) is 0 Å². The Morgan fingerprint density at radius 1 is 1.56 bits per heavy atom. The molecule has 0 amide bonds. The van der Waals surface area contributed by atoms with Crippen LogP contribution in [0.1, 0.15) is 36.9 Å². The van der Waals surface area contributed by atoms with Crippen LogP contribution < -0.4 is 10.5 Å². The lowest BCUT2D eigenvalue weighted by Crippen LogP contribution is -2.05. The molecule has 2 N–H and O–H groups in total. The first kappa shape index (κ1) is 11.2. The monoisotopic (exact) mass is 217 g/mol. The van der Waals surface area contributed by atoms with E-state index >= 15 is 0 Å². The summed E-state index contributed by atoms with van der Waals surface area (Å²) < 4.78 is 5.68. The van der Waals surface area contributed by atoms with Gasteiger partial charge in [0.25, 0.3) is 0 Å². The molecule has 0 aromatic heterocycles. The molecule has 0 radical (unpaired) electrons. The second-order valence-electron chi connectivity index (χ2n) is 4.56. The van der Waals surface area contributed by atoms with Crippen LogP contribution >= 0.6 is 0 Å². The smallest absolute Gasteiger partial charge is 0.119 e. The molecular weight excluding hydrogens is 198 g/mol. The maximum absolute atomic E-state index is 5.98. The molecule has 2 rings (SSSR count). The van der Waals surface area contributed by atoms with E-state index in [2.05, 4.69) is 18.7 Å². The zero-order chi connectivity index (χ0) is 11.5. The second-order valence-corrected chi connectivity index (χ2v) is 4.56. The zero-order valence-electron chi connectivity index (χ0n) is 9.83. The number of ether oxygens (including phenoxy) is 1. The molecule has 1 aliphatic carbocycles. The Morgan fingerprint density at radius 2 is 2.38 bits per heavy atom. The van der Waals surface area contributed by atoms with E-state index in [9.17, 15) is 0 Å². The molecule has 1 aromatic rings. The summed E-state index contributed by atoms with van der Waals surface area (Å²) >= 11 is 0. The molecular formula is C14H19NO. The quantitative estimate of drug-likeness (QED) is 0.787. The van der Waals surface area contributed by atoms with E-state index in [0.29, 0.717) is 6.61 Å². The van der Waals surface area contributed by atoms with Gasteiger partial charge in [-0.15, -0.1) is 6.58 Å². The molecule has 1 atom stereocenters. The Bertz CT molecular complexity index is 398. The molecule has 0 saturated carbocycles. The largest absolute Gasteiger partial charge is 0.493 e. The topological polar surface area (TPSA) is 35.2 Å². The molecule has 0 spiro atoms. The van der Waals surface area contributed by atoms with Crippen molar-refractivity contribution in [2.75, 3.05) is 6.61 Å². The van der Waals surface area contributed by atoms with E-state index in [4.69, 9.17) is 10.5 Å². The lowest BCUT2D eigenvalue weighted by atomic mass is 10.1. The highest BCUT2D eigenvalue weighted by molar-refractivity contribution is 5.40. The fourth-order valence-corrected chi connectivity index (χ4v) is 2.06. The molecule has 16 heavy (non-hydrogen) atoms. The molecule has 1 aromatic carbocycles. The Kier molecular flexibility index (Phi) is 3.30. The summed E-state index contributed by atoms with van der Waals surface area (Å²) in [7, 11) is 0. The van der Waals surface area contributed by atoms with Crippen molar-refractivity contribution in [3.63, 3.8) is 0 Å². The minimum Gasteiger partial charge on any atom is -0.493 e. The van der Waals surface area contributed by atoms with E-state index < -0.39 is 0 Å². The number of fused-ring (bicyclic) bond motifs is 1. The average Bonchev–Trinajstić information content (AvgIpc) is 2.60. The molecule has 1 aliphatic rings. The van der Waals surface area contributed by atoms with Gasteiger partial charge in [-0.05, 0) is 43.0 Å². The first-order valence-corrected chi connectivity index (χ1v) is 5.82. The number of hydrogen-bond acceptors (Lipinski definition) is 2. The van der Waals surface area contributed by atoms with Gasteiger partial charge in [-0.3, -0.25) is 0 Å². The first-order chi connectivity index (χ1) is 7.66. The molecule has 86 valence electrons. The van der Waals surface area contributed by atoms with Crippen molar-refractivity contribution in [1.29, 1.82) is 0 Å². The third kappa shape index (κ3) is 2.45. The van der Waals surface area contributed by atoms with Gasteiger partial charge in [0.1, 0.15) is 5.75 Å². The van der Waals surface area contributed by atoms with Crippen LogP contribution in [0.25, 0.3) is 0 Å². The SMILES string of the molecule is C=C(C)CCOc1ccc2c(c1)CC[C@@H]2N. The maximum Gasteiger partial charge on any atom is 0.119 e. The van der Waals surface area contributed by atoms with Crippen LogP contribution in [-0.2, 0) is 6.42 Å².